The number of likely N-dealkylation sites (tertiary alicyclic amines) is 1. The van der Waals surface area contributed by atoms with Crippen LogP contribution in [0, 0.1) is 0 Å². The van der Waals surface area contributed by atoms with E-state index in [1.165, 1.54) is 22.2 Å². The van der Waals surface area contributed by atoms with Crippen LogP contribution in [0.1, 0.15) is 42.8 Å². The van der Waals surface area contributed by atoms with E-state index in [2.05, 4.69) is 63.9 Å². The minimum absolute atomic E-state index is 0.0232. The molecule has 0 unspecified atom stereocenters. The molecule has 2 atom stereocenters. The van der Waals surface area contributed by atoms with Crippen molar-refractivity contribution in [1.82, 2.24) is 19.8 Å². The first-order valence-corrected chi connectivity index (χ1v) is 12.7. The summed E-state index contributed by atoms with van der Waals surface area (Å²) in [6.45, 7) is 9.59. The minimum atomic E-state index is -0.251. The predicted molar refractivity (Wildman–Crippen MR) is 140 cm³/mol. The number of benzene rings is 1. The van der Waals surface area contributed by atoms with Gasteiger partial charge < -0.3 is 15.0 Å². The Morgan fingerprint density at radius 3 is 2.89 bits per heavy atom. The van der Waals surface area contributed by atoms with Crippen molar-refractivity contribution in [2.24, 2.45) is 0 Å². The van der Waals surface area contributed by atoms with Gasteiger partial charge in [-0.15, -0.1) is 6.58 Å². The summed E-state index contributed by atoms with van der Waals surface area (Å²) >= 11 is 0. The number of nitrogens with one attached hydrogen (secondary N) is 2. The fourth-order valence-electron chi connectivity index (χ4n) is 5.66. The van der Waals surface area contributed by atoms with E-state index in [1.54, 1.807) is 7.11 Å². The van der Waals surface area contributed by atoms with Crippen molar-refractivity contribution in [1.29, 1.82) is 0 Å². The Labute approximate surface area is 207 Å². The molecule has 0 radical (unpaired) electrons. The van der Waals surface area contributed by atoms with Gasteiger partial charge >= 0.3 is 0 Å². The van der Waals surface area contributed by atoms with Gasteiger partial charge in [0, 0.05) is 54.9 Å². The number of nitrogens with zero attached hydrogens (tertiary/aromatic N) is 3. The number of H-pyrrole nitrogens is 1. The lowest BCUT2D eigenvalue weighted by Gasteiger charge is -2.41. The van der Waals surface area contributed by atoms with E-state index in [1.807, 2.05) is 12.3 Å². The molecule has 0 spiro atoms. The number of hydrogen-bond acceptors (Lipinski definition) is 5. The molecule has 2 aliphatic rings. The number of hydrogen-bond donors (Lipinski definition) is 2. The second-order valence-corrected chi connectivity index (χ2v) is 9.79. The summed E-state index contributed by atoms with van der Waals surface area (Å²) in [5.74, 6) is 0.788. The van der Waals surface area contributed by atoms with Gasteiger partial charge in [0.15, 0.2) is 0 Å². The van der Waals surface area contributed by atoms with Crippen LogP contribution in [0.15, 0.2) is 49.2 Å². The Hall–Kier alpha value is -2.90. The predicted octanol–water partition coefficient (Wildman–Crippen LogP) is 4.94. The van der Waals surface area contributed by atoms with E-state index >= 15 is 0 Å². The summed E-state index contributed by atoms with van der Waals surface area (Å²) in [6.07, 6.45) is 6.43. The van der Waals surface area contributed by atoms with Crippen molar-refractivity contribution in [3.05, 3.63) is 66.1 Å². The van der Waals surface area contributed by atoms with Gasteiger partial charge in [-0.2, -0.15) is 0 Å². The first kappa shape index (κ1) is 23.8. The largest absolute Gasteiger partial charge is 0.495 e. The van der Waals surface area contributed by atoms with E-state index < -0.39 is 0 Å². The van der Waals surface area contributed by atoms with Gasteiger partial charge in [-0.3, -0.25) is 19.2 Å². The Kier molecular flexibility index (Phi) is 7.07. The maximum atomic E-state index is 12.4. The molecule has 2 aromatic heterocycles. The molecule has 2 N–H and O–H groups in total. The smallest absolute Gasteiger partial charge is 0.144 e. The second kappa shape index (κ2) is 10.4. The molecule has 5 rings (SSSR count). The van der Waals surface area contributed by atoms with Crippen molar-refractivity contribution in [2.75, 3.05) is 45.3 Å². The summed E-state index contributed by atoms with van der Waals surface area (Å²) in [7, 11) is 1.72. The Morgan fingerprint density at radius 2 is 2.11 bits per heavy atom. The minimum Gasteiger partial charge on any atom is -0.495 e. The summed E-state index contributed by atoms with van der Waals surface area (Å²) in [6, 6.07) is 11.3. The standard InChI is InChI=1S/C28H36FN5O/c1-4-5-13-34-19(2)14-23-22-9-6-7-10-24(22)32-26(23)28(34)27-25(35-3)15-20(16-30-27)31-21-17-33(18-21)12-8-11-29/h4,6-7,9-10,15-16,19,21,28,31-32H,1,5,8,11-14,17-18H2,2-3H3/t19-,28+/m1/s1. The SMILES string of the molecule is C=CCCN1[C@H](c2ncc(NC3CN(CCCF)C3)cc2OC)c2[nH]c3ccccc3c2C[C@H]1C. The quantitative estimate of drug-likeness (QED) is 0.405. The van der Waals surface area contributed by atoms with Crippen LogP contribution in [0.3, 0.4) is 0 Å². The molecule has 0 aliphatic carbocycles. The maximum absolute atomic E-state index is 12.4. The molecule has 0 amide bonds. The first-order valence-electron chi connectivity index (χ1n) is 12.7. The molecule has 1 fully saturated rings. The van der Waals surface area contributed by atoms with Gasteiger partial charge in [0.1, 0.15) is 11.4 Å². The monoisotopic (exact) mass is 477 g/mol. The van der Waals surface area contributed by atoms with Crippen molar-refractivity contribution < 1.29 is 9.13 Å². The molecular weight excluding hydrogens is 441 g/mol. The topological polar surface area (TPSA) is 56.4 Å². The van der Waals surface area contributed by atoms with Gasteiger partial charge in [0.05, 0.1) is 37.8 Å². The highest BCUT2D eigenvalue weighted by atomic mass is 19.1. The number of para-hydroxylation sites is 1. The molecule has 35 heavy (non-hydrogen) atoms. The number of fused-ring (bicyclic) bond motifs is 3. The maximum Gasteiger partial charge on any atom is 0.144 e. The van der Waals surface area contributed by atoms with Crippen molar-refractivity contribution >= 4 is 16.6 Å². The van der Waals surface area contributed by atoms with Crippen molar-refractivity contribution in [3.8, 4) is 5.75 Å². The van der Waals surface area contributed by atoms with E-state index in [4.69, 9.17) is 9.72 Å². The highest BCUT2D eigenvalue weighted by Crippen LogP contribution is 2.43. The number of halogens is 1. The molecule has 1 aromatic carbocycles. The lowest BCUT2D eigenvalue weighted by Crippen LogP contribution is -2.54. The average molecular weight is 478 g/mol. The highest BCUT2D eigenvalue weighted by molar-refractivity contribution is 5.85. The molecule has 3 aromatic rings. The van der Waals surface area contributed by atoms with Crippen molar-refractivity contribution in [3.63, 3.8) is 0 Å². The van der Waals surface area contributed by atoms with E-state index in [0.717, 1.165) is 56.2 Å². The van der Waals surface area contributed by atoms with Crippen LogP contribution in [0.25, 0.3) is 10.9 Å². The van der Waals surface area contributed by atoms with Crippen LogP contribution < -0.4 is 10.1 Å². The number of methoxy groups -OCH3 is 1. The lowest BCUT2D eigenvalue weighted by molar-refractivity contribution is 0.146. The third-order valence-corrected chi connectivity index (χ3v) is 7.41. The Bertz CT molecular complexity index is 1170. The zero-order chi connectivity index (χ0) is 24.4. The van der Waals surface area contributed by atoms with Gasteiger partial charge in [-0.25, -0.2) is 0 Å². The highest BCUT2D eigenvalue weighted by Gasteiger charge is 2.38. The van der Waals surface area contributed by atoms with Crippen molar-refractivity contribution in [2.45, 2.75) is 44.3 Å². The van der Waals surface area contributed by atoms with Gasteiger partial charge in [0.25, 0.3) is 0 Å². The number of ether oxygens (including phenoxy) is 1. The Morgan fingerprint density at radius 1 is 1.29 bits per heavy atom. The van der Waals surface area contributed by atoms with E-state index in [9.17, 15) is 4.39 Å². The summed E-state index contributed by atoms with van der Waals surface area (Å²) in [5, 5.41) is 4.87. The van der Waals surface area contributed by atoms with E-state index in [0.29, 0.717) is 18.5 Å². The number of alkyl halides is 1. The van der Waals surface area contributed by atoms with Crippen LogP contribution in [-0.4, -0.2) is 71.8 Å². The molecule has 1 saturated heterocycles. The van der Waals surface area contributed by atoms with Crippen LogP contribution in [0.2, 0.25) is 0 Å². The van der Waals surface area contributed by atoms with Crippen LogP contribution >= 0.6 is 0 Å². The summed E-state index contributed by atoms with van der Waals surface area (Å²) in [4.78, 5) is 13.5. The van der Waals surface area contributed by atoms with Gasteiger partial charge in [-0.1, -0.05) is 24.3 Å². The number of pyridine rings is 1. The molecule has 7 heteroatoms. The first-order chi connectivity index (χ1) is 17.1. The molecule has 4 heterocycles. The van der Waals surface area contributed by atoms with Crippen LogP contribution in [-0.2, 0) is 6.42 Å². The molecule has 6 nitrogen and oxygen atoms in total. The van der Waals surface area contributed by atoms with Crippen LogP contribution in [0.4, 0.5) is 10.1 Å². The lowest BCUT2D eigenvalue weighted by atomic mass is 9.90. The van der Waals surface area contributed by atoms with E-state index in [-0.39, 0.29) is 12.7 Å². The fraction of sp³-hybridized carbons (Fsp3) is 0.464. The zero-order valence-electron chi connectivity index (χ0n) is 20.8. The summed E-state index contributed by atoms with van der Waals surface area (Å²) < 4.78 is 18.3. The Balaban J connectivity index is 1.46. The normalized spacial score (nSPS) is 21.0. The molecule has 186 valence electrons. The third-order valence-electron chi connectivity index (χ3n) is 7.41. The zero-order valence-corrected chi connectivity index (χ0v) is 20.8. The van der Waals surface area contributed by atoms with Gasteiger partial charge in [-0.05, 0) is 37.8 Å². The number of rotatable bonds is 10. The average Bonchev–Trinajstić information content (AvgIpc) is 3.21. The number of aromatic nitrogens is 2. The summed E-state index contributed by atoms with van der Waals surface area (Å²) in [5.41, 5.74) is 5.64. The van der Waals surface area contributed by atoms with Gasteiger partial charge in [0.2, 0.25) is 0 Å². The number of anilines is 1. The fourth-order valence-corrected chi connectivity index (χ4v) is 5.66. The second-order valence-electron chi connectivity index (χ2n) is 9.79. The molecule has 0 saturated carbocycles. The molecule has 2 aliphatic heterocycles. The molecular formula is C28H36FN5O. The number of aromatic amines is 1. The third kappa shape index (κ3) is 4.67. The van der Waals surface area contributed by atoms with Crippen LogP contribution in [0.5, 0.6) is 5.75 Å². The molecule has 0 bridgehead atoms.